The maximum Gasteiger partial charge on any atom is 0.338 e. The quantitative estimate of drug-likeness (QED) is 0.837. The van der Waals surface area contributed by atoms with Crippen LogP contribution in [0.3, 0.4) is 0 Å². The van der Waals surface area contributed by atoms with Crippen LogP contribution in [0.4, 0.5) is 5.69 Å². The molecule has 1 aliphatic rings. The number of benzene rings is 2. The SMILES string of the molecule is O=C(Nc1ccc2c(c1)C(=O)OC2)c1ccccc1. The third-order valence-electron chi connectivity index (χ3n) is 2.98. The van der Waals surface area contributed by atoms with Crippen LogP contribution in [0.25, 0.3) is 0 Å². The first kappa shape index (κ1) is 11.5. The van der Waals surface area contributed by atoms with Gasteiger partial charge in [-0.2, -0.15) is 0 Å². The molecule has 0 radical (unpaired) electrons. The highest BCUT2D eigenvalue weighted by Gasteiger charge is 2.21. The predicted octanol–water partition coefficient (Wildman–Crippen LogP) is 2.61. The Morgan fingerprint density at radius 3 is 2.68 bits per heavy atom. The Labute approximate surface area is 110 Å². The number of amides is 1. The summed E-state index contributed by atoms with van der Waals surface area (Å²) in [5.41, 5.74) is 2.53. The summed E-state index contributed by atoms with van der Waals surface area (Å²) >= 11 is 0. The Morgan fingerprint density at radius 2 is 1.89 bits per heavy atom. The van der Waals surface area contributed by atoms with Gasteiger partial charge in [0.2, 0.25) is 0 Å². The number of hydrogen-bond donors (Lipinski definition) is 1. The van der Waals surface area contributed by atoms with Crippen LogP contribution >= 0.6 is 0 Å². The Kier molecular flexibility index (Phi) is 2.76. The van der Waals surface area contributed by atoms with Gasteiger partial charge in [-0.3, -0.25) is 4.79 Å². The lowest BCUT2D eigenvalue weighted by atomic mass is 10.1. The summed E-state index contributed by atoms with van der Waals surface area (Å²) in [4.78, 5) is 23.4. The molecule has 3 rings (SSSR count). The first-order chi connectivity index (χ1) is 9.24. The van der Waals surface area contributed by atoms with Crippen molar-refractivity contribution in [3.8, 4) is 0 Å². The van der Waals surface area contributed by atoms with Gasteiger partial charge in [0.1, 0.15) is 6.61 Å². The van der Waals surface area contributed by atoms with Crippen LogP contribution in [0, 0.1) is 0 Å². The molecule has 1 amide bonds. The number of anilines is 1. The van der Waals surface area contributed by atoms with E-state index in [0.717, 1.165) is 5.56 Å². The van der Waals surface area contributed by atoms with Gasteiger partial charge in [0.25, 0.3) is 5.91 Å². The van der Waals surface area contributed by atoms with E-state index in [0.29, 0.717) is 23.4 Å². The van der Waals surface area contributed by atoms with Gasteiger partial charge in [0.05, 0.1) is 5.56 Å². The lowest BCUT2D eigenvalue weighted by molar-refractivity contribution is 0.0535. The molecule has 4 nitrogen and oxygen atoms in total. The topological polar surface area (TPSA) is 55.4 Å². The van der Waals surface area contributed by atoms with Crippen molar-refractivity contribution in [1.29, 1.82) is 0 Å². The van der Waals surface area contributed by atoms with Gasteiger partial charge in [-0.05, 0) is 24.3 Å². The second-order valence-electron chi connectivity index (χ2n) is 4.27. The van der Waals surface area contributed by atoms with Gasteiger partial charge >= 0.3 is 5.97 Å². The molecule has 0 aromatic heterocycles. The van der Waals surface area contributed by atoms with Gasteiger partial charge in [-0.1, -0.05) is 24.3 Å². The van der Waals surface area contributed by atoms with Crippen molar-refractivity contribution in [2.24, 2.45) is 0 Å². The van der Waals surface area contributed by atoms with Crippen molar-refractivity contribution in [2.75, 3.05) is 5.32 Å². The minimum atomic E-state index is -0.342. The second kappa shape index (κ2) is 4.57. The van der Waals surface area contributed by atoms with Crippen LogP contribution in [0.15, 0.2) is 48.5 Å². The summed E-state index contributed by atoms with van der Waals surface area (Å²) in [6.45, 7) is 0.307. The standard InChI is InChI=1S/C15H11NO3/c17-14(10-4-2-1-3-5-10)16-12-7-6-11-9-19-15(18)13(11)8-12/h1-8H,9H2,(H,16,17). The molecule has 1 aliphatic heterocycles. The lowest BCUT2D eigenvalue weighted by Crippen LogP contribution is -2.12. The Hall–Kier alpha value is -2.62. The zero-order valence-electron chi connectivity index (χ0n) is 10.1. The molecule has 4 heteroatoms. The van der Waals surface area contributed by atoms with Gasteiger partial charge in [-0.25, -0.2) is 4.79 Å². The Bertz CT molecular complexity index is 650. The fourth-order valence-corrected chi connectivity index (χ4v) is 1.98. The molecule has 94 valence electrons. The minimum absolute atomic E-state index is 0.202. The predicted molar refractivity (Wildman–Crippen MR) is 70.0 cm³/mol. The molecule has 0 bridgehead atoms. The number of carbonyl (C=O) groups excluding carboxylic acids is 2. The van der Waals surface area contributed by atoms with Crippen LogP contribution in [0.5, 0.6) is 0 Å². The van der Waals surface area contributed by atoms with E-state index in [1.54, 1.807) is 42.5 Å². The summed E-state index contributed by atoms with van der Waals surface area (Å²) < 4.78 is 4.92. The van der Waals surface area contributed by atoms with Crippen molar-refractivity contribution < 1.29 is 14.3 Å². The normalized spacial score (nSPS) is 12.7. The molecule has 0 saturated heterocycles. The van der Waals surface area contributed by atoms with Gasteiger partial charge in [0, 0.05) is 16.8 Å². The minimum Gasteiger partial charge on any atom is -0.457 e. The molecular weight excluding hydrogens is 242 g/mol. The summed E-state index contributed by atoms with van der Waals surface area (Å²) in [6.07, 6.45) is 0. The van der Waals surface area contributed by atoms with Gasteiger partial charge in [-0.15, -0.1) is 0 Å². The first-order valence-electron chi connectivity index (χ1n) is 5.90. The van der Waals surface area contributed by atoms with E-state index in [2.05, 4.69) is 5.32 Å². The summed E-state index contributed by atoms with van der Waals surface area (Å²) in [5.74, 6) is -0.544. The maximum absolute atomic E-state index is 12.0. The number of nitrogens with one attached hydrogen (secondary N) is 1. The van der Waals surface area contributed by atoms with E-state index in [-0.39, 0.29) is 11.9 Å². The third kappa shape index (κ3) is 2.20. The van der Waals surface area contributed by atoms with Crippen LogP contribution in [-0.4, -0.2) is 11.9 Å². The van der Waals surface area contributed by atoms with Crippen LogP contribution in [-0.2, 0) is 11.3 Å². The van der Waals surface area contributed by atoms with E-state index >= 15 is 0 Å². The molecule has 1 N–H and O–H groups in total. The van der Waals surface area contributed by atoms with Crippen molar-refractivity contribution in [1.82, 2.24) is 0 Å². The zero-order valence-corrected chi connectivity index (χ0v) is 10.1. The molecule has 1 heterocycles. The molecule has 2 aromatic carbocycles. The maximum atomic E-state index is 12.0. The fraction of sp³-hybridized carbons (Fsp3) is 0.0667. The average Bonchev–Trinajstić information content (AvgIpc) is 2.81. The van der Waals surface area contributed by atoms with Crippen LogP contribution in [0.1, 0.15) is 26.3 Å². The molecule has 0 unspecified atom stereocenters. The second-order valence-corrected chi connectivity index (χ2v) is 4.27. The van der Waals surface area contributed by atoms with Gasteiger partial charge < -0.3 is 10.1 Å². The number of hydrogen-bond acceptors (Lipinski definition) is 3. The monoisotopic (exact) mass is 253 g/mol. The molecule has 0 aliphatic carbocycles. The van der Waals surface area contributed by atoms with E-state index in [4.69, 9.17) is 4.74 Å². The number of esters is 1. The highest BCUT2D eigenvalue weighted by atomic mass is 16.5. The van der Waals surface area contributed by atoms with E-state index in [1.165, 1.54) is 0 Å². The largest absolute Gasteiger partial charge is 0.457 e. The van der Waals surface area contributed by atoms with E-state index in [9.17, 15) is 9.59 Å². The molecule has 0 fully saturated rings. The highest BCUT2D eigenvalue weighted by molar-refractivity contribution is 6.05. The first-order valence-corrected chi connectivity index (χ1v) is 5.90. The van der Waals surface area contributed by atoms with Gasteiger partial charge in [0.15, 0.2) is 0 Å². The highest BCUT2D eigenvalue weighted by Crippen LogP contribution is 2.23. The van der Waals surface area contributed by atoms with Crippen molar-refractivity contribution in [3.63, 3.8) is 0 Å². The third-order valence-corrected chi connectivity index (χ3v) is 2.98. The molecule has 2 aromatic rings. The van der Waals surface area contributed by atoms with Crippen molar-refractivity contribution in [3.05, 3.63) is 65.2 Å². The fourth-order valence-electron chi connectivity index (χ4n) is 1.98. The number of rotatable bonds is 2. The van der Waals surface area contributed by atoms with Crippen LogP contribution in [0.2, 0.25) is 0 Å². The molecule has 0 spiro atoms. The summed E-state index contributed by atoms with van der Waals surface area (Å²) in [7, 11) is 0. The van der Waals surface area contributed by atoms with Crippen molar-refractivity contribution in [2.45, 2.75) is 6.61 Å². The Morgan fingerprint density at radius 1 is 1.11 bits per heavy atom. The Balaban J connectivity index is 1.83. The number of cyclic esters (lactones) is 1. The van der Waals surface area contributed by atoms with E-state index in [1.807, 2.05) is 6.07 Å². The van der Waals surface area contributed by atoms with E-state index < -0.39 is 0 Å². The molecule has 19 heavy (non-hydrogen) atoms. The lowest BCUT2D eigenvalue weighted by Gasteiger charge is -2.06. The number of fused-ring (bicyclic) bond motifs is 1. The molecule has 0 saturated carbocycles. The van der Waals surface area contributed by atoms with Crippen LogP contribution < -0.4 is 5.32 Å². The summed E-state index contributed by atoms with van der Waals surface area (Å²) in [5, 5.41) is 2.76. The summed E-state index contributed by atoms with van der Waals surface area (Å²) in [6, 6.07) is 14.1. The smallest absolute Gasteiger partial charge is 0.338 e. The number of ether oxygens (including phenoxy) is 1. The molecular formula is C15H11NO3. The number of carbonyl (C=O) groups is 2. The van der Waals surface area contributed by atoms with Crippen molar-refractivity contribution >= 4 is 17.6 Å². The average molecular weight is 253 g/mol. The molecule has 0 atom stereocenters. The zero-order chi connectivity index (χ0) is 13.2.